The van der Waals surface area contributed by atoms with Gasteiger partial charge in [-0.3, -0.25) is 9.78 Å². The van der Waals surface area contributed by atoms with Gasteiger partial charge in [0.1, 0.15) is 5.52 Å². The van der Waals surface area contributed by atoms with Gasteiger partial charge in [-0.1, -0.05) is 6.92 Å². The largest absolute Gasteiger partial charge is 0.449 e. The van der Waals surface area contributed by atoms with Crippen molar-refractivity contribution in [3.05, 3.63) is 28.3 Å². The lowest BCUT2D eigenvalue weighted by Gasteiger charge is -2.04. The Labute approximate surface area is 121 Å². The van der Waals surface area contributed by atoms with Gasteiger partial charge >= 0.3 is 6.18 Å². The lowest BCUT2D eigenvalue weighted by molar-refractivity contribution is -0.144. The molecule has 116 valence electrons. The van der Waals surface area contributed by atoms with Crippen LogP contribution in [-0.2, 0) is 6.18 Å². The molecule has 0 fully saturated rings. The third kappa shape index (κ3) is 2.38. The van der Waals surface area contributed by atoms with Crippen LogP contribution in [-0.4, -0.2) is 26.5 Å². The minimum absolute atomic E-state index is 0.0336. The molecule has 0 bridgehead atoms. The lowest BCUT2D eigenvalue weighted by atomic mass is 10.2. The first kappa shape index (κ1) is 14.4. The standard InChI is InChI=1S/C13H12F3N5O/c1-2-5-17-12-19-6-3-4-7-9(8(6)10(22)21-12)20-11(18-7)13(14,15)16/h3-4H,2,5H2,1H3,(H,18,20)(H2,17,19,21,22). The molecular formula is C13H12F3N5O. The van der Waals surface area contributed by atoms with Gasteiger partial charge < -0.3 is 10.3 Å². The summed E-state index contributed by atoms with van der Waals surface area (Å²) in [6.45, 7) is 2.58. The number of benzene rings is 1. The Morgan fingerprint density at radius 1 is 1.23 bits per heavy atom. The molecule has 0 amide bonds. The second-order valence-electron chi connectivity index (χ2n) is 4.78. The van der Waals surface area contributed by atoms with Gasteiger partial charge in [0.2, 0.25) is 11.8 Å². The quantitative estimate of drug-likeness (QED) is 0.694. The maximum absolute atomic E-state index is 12.7. The number of hydrogen-bond acceptors (Lipinski definition) is 4. The Kier molecular flexibility index (Phi) is 3.27. The number of imidazole rings is 1. The maximum Gasteiger partial charge on any atom is 0.449 e. The van der Waals surface area contributed by atoms with E-state index in [-0.39, 0.29) is 27.9 Å². The molecule has 0 aliphatic carbocycles. The molecule has 2 aromatic heterocycles. The van der Waals surface area contributed by atoms with Crippen molar-refractivity contribution in [2.75, 3.05) is 11.9 Å². The number of rotatable bonds is 3. The summed E-state index contributed by atoms with van der Waals surface area (Å²) in [5, 5.41) is 2.96. The zero-order chi connectivity index (χ0) is 15.9. The molecule has 6 nitrogen and oxygen atoms in total. The summed E-state index contributed by atoms with van der Waals surface area (Å²) in [4.78, 5) is 24.5. The number of H-pyrrole nitrogens is 2. The molecule has 0 radical (unpaired) electrons. The minimum atomic E-state index is -4.60. The molecule has 0 aliphatic heterocycles. The van der Waals surface area contributed by atoms with Crippen LogP contribution in [0.15, 0.2) is 16.9 Å². The van der Waals surface area contributed by atoms with Crippen molar-refractivity contribution in [1.29, 1.82) is 0 Å². The summed E-state index contributed by atoms with van der Waals surface area (Å²) in [5.41, 5.74) is -0.147. The number of nitrogens with zero attached hydrogens (tertiary/aromatic N) is 2. The molecule has 3 rings (SSSR count). The van der Waals surface area contributed by atoms with Crippen LogP contribution in [0.25, 0.3) is 21.9 Å². The zero-order valence-corrected chi connectivity index (χ0v) is 11.5. The summed E-state index contributed by atoms with van der Waals surface area (Å²) in [6.07, 6.45) is -3.76. The average molecular weight is 311 g/mol. The van der Waals surface area contributed by atoms with Gasteiger partial charge in [0.25, 0.3) is 5.56 Å². The number of hydrogen-bond donors (Lipinski definition) is 3. The SMILES string of the molecule is CCCNc1nc2ccc3[nH]c(C(F)(F)F)nc3c2c(=O)[nH]1. The number of fused-ring (bicyclic) bond motifs is 3. The van der Waals surface area contributed by atoms with Gasteiger partial charge in [0, 0.05) is 6.54 Å². The highest BCUT2D eigenvalue weighted by Gasteiger charge is 2.35. The van der Waals surface area contributed by atoms with Gasteiger partial charge in [0.05, 0.1) is 16.4 Å². The molecule has 9 heteroatoms. The Morgan fingerprint density at radius 2 is 2.00 bits per heavy atom. The number of aromatic nitrogens is 4. The Balaban J connectivity index is 2.23. The van der Waals surface area contributed by atoms with Crippen LogP contribution >= 0.6 is 0 Å². The van der Waals surface area contributed by atoms with E-state index >= 15 is 0 Å². The Hall–Kier alpha value is -2.58. The molecule has 0 atom stereocenters. The summed E-state index contributed by atoms with van der Waals surface area (Å²) < 4.78 is 38.2. The van der Waals surface area contributed by atoms with E-state index in [1.165, 1.54) is 12.1 Å². The number of nitrogens with one attached hydrogen (secondary N) is 3. The number of alkyl halides is 3. The molecule has 0 saturated heterocycles. The molecule has 0 aliphatic rings. The van der Waals surface area contributed by atoms with Gasteiger partial charge in [-0.25, -0.2) is 9.97 Å². The van der Waals surface area contributed by atoms with Crippen molar-refractivity contribution in [2.24, 2.45) is 0 Å². The van der Waals surface area contributed by atoms with E-state index in [1.807, 2.05) is 6.92 Å². The zero-order valence-electron chi connectivity index (χ0n) is 11.5. The van der Waals surface area contributed by atoms with E-state index < -0.39 is 17.6 Å². The Morgan fingerprint density at radius 3 is 2.68 bits per heavy atom. The molecule has 2 heterocycles. The van der Waals surface area contributed by atoms with Crippen LogP contribution in [0.5, 0.6) is 0 Å². The average Bonchev–Trinajstić information content (AvgIpc) is 2.88. The van der Waals surface area contributed by atoms with Crippen LogP contribution < -0.4 is 10.9 Å². The molecule has 3 N–H and O–H groups in total. The number of anilines is 1. The fourth-order valence-electron chi connectivity index (χ4n) is 2.16. The normalized spacial score (nSPS) is 12.2. The predicted molar refractivity (Wildman–Crippen MR) is 75.8 cm³/mol. The highest BCUT2D eigenvalue weighted by Crippen LogP contribution is 2.30. The number of halogens is 3. The van der Waals surface area contributed by atoms with E-state index in [9.17, 15) is 18.0 Å². The van der Waals surface area contributed by atoms with Crippen LogP contribution in [0.1, 0.15) is 19.2 Å². The van der Waals surface area contributed by atoms with Gasteiger partial charge in [0.15, 0.2) is 0 Å². The van der Waals surface area contributed by atoms with E-state index in [4.69, 9.17) is 0 Å². The van der Waals surface area contributed by atoms with Crippen molar-refractivity contribution in [3.63, 3.8) is 0 Å². The van der Waals surface area contributed by atoms with Crippen molar-refractivity contribution in [3.8, 4) is 0 Å². The minimum Gasteiger partial charge on any atom is -0.356 e. The molecule has 0 spiro atoms. The van der Waals surface area contributed by atoms with Gasteiger partial charge in [-0.2, -0.15) is 13.2 Å². The predicted octanol–water partition coefficient (Wildman–Crippen LogP) is 2.64. The summed E-state index contributed by atoms with van der Waals surface area (Å²) in [6, 6.07) is 2.91. The fraction of sp³-hybridized carbons (Fsp3) is 0.308. The van der Waals surface area contributed by atoms with Crippen molar-refractivity contribution in [1.82, 2.24) is 19.9 Å². The summed E-state index contributed by atoms with van der Waals surface area (Å²) in [7, 11) is 0. The summed E-state index contributed by atoms with van der Waals surface area (Å²) in [5.74, 6) is -0.854. The fourth-order valence-corrected chi connectivity index (χ4v) is 2.16. The van der Waals surface area contributed by atoms with Crippen molar-refractivity contribution < 1.29 is 13.2 Å². The van der Waals surface area contributed by atoms with Crippen LogP contribution in [0.2, 0.25) is 0 Å². The number of aromatic amines is 2. The van der Waals surface area contributed by atoms with Crippen molar-refractivity contribution in [2.45, 2.75) is 19.5 Å². The maximum atomic E-state index is 12.7. The molecule has 22 heavy (non-hydrogen) atoms. The monoisotopic (exact) mass is 311 g/mol. The molecular weight excluding hydrogens is 299 g/mol. The van der Waals surface area contributed by atoms with Crippen molar-refractivity contribution >= 4 is 27.9 Å². The first-order valence-electron chi connectivity index (χ1n) is 6.64. The van der Waals surface area contributed by atoms with Crippen LogP contribution in [0.4, 0.5) is 19.1 Å². The third-order valence-corrected chi connectivity index (χ3v) is 3.13. The first-order valence-corrected chi connectivity index (χ1v) is 6.64. The first-order chi connectivity index (χ1) is 10.4. The smallest absolute Gasteiger partial charge is 0.356 e. The van der Waals surface area contributed by atoms with E-state index in [0.717, 1.165) is 6.42 Å². The van der Waals surface area contributed by atoms with E-state index in [1.54, 1.807) is 0 Å². The van der Waals surface area contributed by atoms with Crippen LogP contribution in [0, 0.1) is 0 Å². The lowest BCUT2D eigenvalue weighted by Crippen LogP contribution is -2.14. The van der Waals surface area contributed by atoms with Gasteiger partial charge in [-0.05, 0) is 18.6 Å². The molecule has 1 aromatic carbocycles. The highest BCUT2D eigenvalue weighted by molar-refractivity contribution is 6.02. The third-order valence-electron chi connectivity index (χ3n) is 3.13. The topological polar surface area (TPSA) is 86.5 Å². The Bertz CT molecular complexity index is 896. The highest BCUT2D eigenvalue weighted by atomic mass is 19.4. The second-order valence-corrected chi connectivity index (χ2v) is 4.78. The van der Waals surface area contributed by atoms with Crippen LogP contribution in [0.3, 0.4) is 0 Å². The molecule has 3 aromatic rings. The van der Waals surface area contributed by atoms with E-state index in [2.05, 4.69) is 25.3 Å². The summed E-state index contributed by atoms with van der Waals surface area (Å²) >= 11 is 0. The van der Waals surface area contributed by atoms with Gasteiger partial charge in [-0.15, -0.1) is 0 Å². The van der Waals surface area contributed by atoms with E-state index in [0.29, 0.717) is 6.54 Å². The molecule has 0 unspecified atom stereocenters. The second kappa shape index (κ2) is 5.00. The molecule has 0 saturated carbocycles.